The number of thiophene rings is 1. The predicted octanol–water partition coefficient (Wildman–Crippen LogP) is 2.97. The SMILES string of the molecule is CC(C)(CNC(=O)NC1CCC(C(=O)O)CC1)c1cccs1. The van der Waals surface area contributed by atoms with Crippen LogP contribution in [0.3, 0.4) is 0 Å². The van der Waals surface area contributed by atoms with Gasteiger partial charge in [-0.1, -0.05) is 19.9 Å². The highest BCUT2D eigenvalue weighted by molar-refractivity contribution is 7.10. The Morgan fingerprint density at radius 2 is 2.00 bits per heavy atom. The van der Waals surface area contributed by atoms with Gasteiger partial charge in [-0.25, -0.2) is 4.79 Å². The third-order valence-electron chi connectivity index (χ3n) is 4.29. The van der Waals surface area contributed by atoms with Crippen LogP contribution in [0.5, 0.6) is 0 Å². The normalized spacial score (nSPS) is 22.1. The van der Waals surface area contributed by atoms with Crippen molar-refractivity contribution >= 4 is 23.3 Å². The van der Waals surface area contributed by atoms with Crippen LogP contribution in [0.2, 0.25) is 0 Å². The molecular formula is C16H24N2O3S. The maximum absolute atomic E-state index is 12.0. The topological polar surface area (TPSA) is 78.4 Å². The van der Waals surface area contributed by atoms with E-state index in [0.717, 1.165) is 12.8 Å². The maximum atomic E-state index is 12.0. The van der Waals surface area contributed by atoms with Gasteiger partial charge in [-0.05, 0) is 37.1 Å². The van der Waals surface area contributed by atoms with Crippen molar-refractivity contribution in [1.29, 1.82) is 0 Å². The van der Waals surface area contributed by atoms with E-state index in [9.17, 15) is 9.59 Å². The second-order valence-electron chi connectivity index (χ2n) is 6.57. The van der Waals surface area contributed by atoms with Crippen LogP contribution in [-0.4, -0.2) is 29.7 Å². The molecular weight excluding hydrogens is 300 g/mol. The van der Waals surface area contributed by atoms with Gasteiger partial charge in [-0.2, -0.15) is 0 Å². The van der Waals surface area contributed by atoms with Crippen molar-refractivity contribution in [3.8, 4) is 0 Å². The van der Waals surface area contributed by atoms with Gasteiger partial charge in [0.05, 0.1) is 5.92 Å². The summed E-state index contributed by atoms with van der Waals surface area (Å²) in [6.07, 6.45) is 2.75. The fourth-order valence-electron chi connectivity index (χ4n) is 2.77. The Hall–Kier alpha value is -1.56. The lowest BCUT2D eigenvalue weighted by Gasteiger charge is -2.28. The van der Waals surface area contributed by atoms with Crippen LogP contribution in [0.25, 0.3) is 0 Å². The highest BCUT2D eigenvalue weighted by Crippen LogP contribution is 2.27. The number of hydrogen-bond acceptors (Lipinski definition) is 3. The van der Waals surface area contributed by atoms with Crippen LogP contribution in [0.15, 0.2) is 17.5 Å². The molecule has 1 aromatic heterocycles. The van der Waals surface area contributed by atoms with E-state index < -0.39 is 5.97 Å². The average molecular weight is 324 g/mol. The van der Waals surface area contributed by atoms with Crippen LogP contribution >= 0.6 is 11.3 Å². The molecule has 0 saturated heterocycles. The third-order valence-corrected chi connectivity index (χ3v) is 5.53. The van der Waals surface area contributed by atoms with Crippen molar-refractivity contribution in [2.75, 3.05) is 6.54 Å². The first-order valence-corrected chi connectivity index (χ1v) is 8.57. The largest absolute Gasteiger partial charge is 0.481 e. The molecule has 0 spiro atoms. The van der Waals surface area contributed by atoms with Crippen LogP contribution in [-0.2, 0) is 10.2 Å². The van der Waals surface area contributed by atoms with E-state index in [1.54, 1.807) is 11.3 Å². The summed E-state index contributed by atoms with van der Waals surface area (Å²) < 4.78 is 0. The molecule has 1 aliphatic rings. The number of carbonyl (C=O) groups is 2. The summed E-state index contributed by atoms with van der Waals surface area (Å²) in [5.74, 6) is -0.973. The average Bonchev–Trinajstić information content (AvgIpc) is 3.01. The summed E-state index contributed by atoms with van der Waals surface area (Å²) in [6.45, 7) is 4.79. The van der Waals surface area contributed by atoms with Crippen molar-refractivity contribution in [3.63, 3.8) is 0 Å². The molecule has 0 atom stereocenters. The Morgan fingerprint density at radius 3 is 2.55 bits per heavy atom. The molecule has 0 aliphatic heterocycles. The van der Waals surface area contributed by atoms with E-state index in [-0.39, 0.29) is 23.4 Å². The molecule has 6 heteroatoms. The molecule has 1 fully saturated rings. The Morgan fingerprint density at radius 1 is 1.32 bits per heavy atom. The summed E-state index contributed by atoms with van der Waals surface area (Å²) in [5.41, 5.74) is -0.0908. The summed E-state index contributed by atoms with van der Waals surface area (Å²) in [6, 6.07) is 4.02. The molecule has 0 radical (unpaired) electrons. The minimum Gasteiger partial charge on any atom is -0.481 e. The van der Waals surface area contributed by atoms with E-state index in [1.807, 2.05) is 11.4 Å². The molecule has 1 heterocycles. The number of amides is 2. The van der Waals surface area contributed by atoms with Crippen molar-refractivity contribution in [2.24, 2.45) is 5.92 Å². The zero-order valence-electron chi connectivity index (χ0n) is 13.1. The van der Waals surface area contributed by atoms with Crippen LogP contribution < -0.4 is 10.6 Å². The summed E-state index contributed by atoms with van der Waals surface area (Å²) >= 11 is 1.69. The Bertz CT molecular complexity index is 505. The van der Waals surface area contributed by atoms with Crippen molar-refractivity contribution in [3.05, 3.63) is 22.4 Å². The number of carboxylic acids is 1. The Balaban J connectivity index is 1.74. The molecule has 0 unspecified atom stereocenters. The van der Waals surface area contributed by atoms with E-state index in [0.29, 0.717) is 19.4 Å². The molecule has 122 valence electrons. The van der Waals surface area contributed by atoms with Gasteiger partial charge >= 0.3 is 12.0 Å². The number of rotatable bonds is 5. The first kappa shape index (κ1) is 16.8. The second-order valence-corrected chi connectivity index (χ2v) is 7.52. The Kier molecular flexibility index (Phi) is 5.45. The van der Waals surface area contributed by atoms with Crippen molar-refractivity contribution < 1.29 is 14.7 Å². The molecule has 5 nitrogen and oxygen atoms in total. The predicted molar refractivity (Wildman–Crippen MR) is 87.3 cm³/mol. The number of urea groups is 1. The van der Waals surface area contributed by atoms with Gasteiger partial charge in [0.1, 0.15) is 0 Å². The summed E-state index contributed by atoms with van der Waals surface area (Å²) in [7, 11) is 0. The van der Waals surface area contributed by atoms with E-state index >= 15 is 0 Å². The van der Waals surface area contributed by atoms with Gasteiger partial charge in [-0.3, -0.25) is 4.79 Å². The van der Waals surface area contributed by atoms with E-state index in [2.05, 4.69) is 30.5 Å². The lowest BCUT2D eigenvalue weighted by atomic mass is 9.86. The van der Waals surface area contributed by atoms with E-state index in [4.69, 9.17) is 5.11 Å². The van der Waals surface area contributed by atoms with Crippen LogP contribution in [0, 0.1) is 5.92 Å². The monoisotopic (exact) mass is 324 g/mol. The molecule has 1 aliphatic carbocycles. The highest BCUT2D eigenvalue weighted by Gasteiger charge is 2.27. The van der Waals surface area contributed by atoms with Gasteiger partial charge in [0.25, 0.3) is 0 Å². The molecule has 2 rings (SSSR count). The second kappa shape index (κ2) is 7.13. The third kappa shape index (κ3) is 4.47. The lowest BCUT2D eigenvalue weighted by Crippen LogP contribution is -2.47. The van der Waals surface area contributed by atoms with Gasteiger partial charge in [0.2, 0.25) is 0 Å². The molecule has 0 bridgehead atoms. The molecule has 22 heavy (non-hydrogen) atoms. The van der Waals surface area contributed by atoms with Crippen molar-refractivity contribution in [1.82, 2.24) is 10.6 Å². The fraction of sp³-hybridized carbons (Fsp3) is 0.625. The Labute approximate surface area is 135 Å². The van der Waals surface area contributed by atoms with Gasteiger partial charge in [0.15, 0.2) is 0 Å². The maximum Gasteiger partial charge on any atom is 0.315 e. The van der Waals surface area contributed by atoms with Gasteiger partial charge in [0, 0.05) is 22.9 Å². The number of aliphatic carboxylic acids is 1. The molecule has 2 amide bonds. The summed E-state index contributed by atoms with van der Waals surface area (Å²) in [5, 5.41) is 16.9. The number of carboxylic acid groups (broad SMARTS) is 1. The standard InChI is InChI=1S/C16H24N2O3S/c1-16(2,13-4-3-9-22-13)10-17-15(21)18-12-7-5-11(6-8-12)14(19)20/h3-4,9,11-12H,5-8,10H2,1-2H3,(H,19,20)(H2,17,18,21). The number of hydrogen-bond donors (Lipinski definition) is 3. The number of carbonyl (C=O) groups excluding carboxylic acids is 1. The first-order chi connectivity index (χ1) is 10.4. The van der Waals surface area contributed by atoms with Crippen molar-refractivity contribution in [2.45, 2.75) is 51.0 Å². The van der Waals surface area contributed by atoms with Gasteiger partial charge in [-0.15, -0.1) is 11.3 Å². The number of nitrogens with one attached hydrogen (secondary N) is 2. The van der Waals surface area contributed by atoms with Crippen LogP contribution in [0.1, 0.15) is 44.4 Å². The fourth-order valence-corrected chi connectivity index (χ4v) is 3.63. The zero-order chi connectivity index (χ0) is 16.2. The molecule has 3 N–H and O–H groups in total. The zero-order valence-corrected chi connectivity index (χ0v) is 13.9. The minimum absolute atomic E-state index is 0.0838. The molecule has 0 aromatic carbocycles. The van der Waals surface area contributed by atoms with Gasteiger partial charge < -0.3 is 15.7 Å². The molecule has 1 aromatic rings. The summed E-state index contributed by atoms with van der Waals surface area (Å²) in [4.78, 5) is 24.2. The van der Waals surface area contributed by atoms with E-state index in [1.165, 1.54) is 4.88 Å². The quantitative estimate of drug-likeness (QED) is 0.779. The molecule has 1 saturated carbocycles. The van der Waals surface area contributed by atoms with Crippen LogP contribution in [0.4, 0.5) is 4.79 Å². The minimum atomic E-state index is -0.722. The lowest BCUT2D eigenvalue weighted by molar-refractivity contribution is -0.142. The highest BCUT2D eigenvalue weighted by atomic mass is 32.1. The smallest absolute Gasteiger partial charge is 0.315 e. The first-order valence-electron chi connectivity index (χ1n) is 7.69.